The van der Waals surface area contributed by atoms with Crippen molar-refractivity contribution in [1.29, 1.82) is 0 Å². The van der Waals surface area contributed by atoms with Crippen LogP contribution in [0.15, 0.2) is 0 Å². The van der Waals surface area contributed by atoms with Crippen molar-refractivity contribution in [3.05, 3.63) is 0 Å². The Morgan fingerprint density at radius 2 is 1.83 bits per heavy atom. The monoisotopic (exact) mass is 342 g/mol. The number of rotatable bonds is 3. The molecule has 1 amide bonds. The summed E-state index contributed by atoms with van der Waals surface area (Å²) in [6.07, 6.45) is 5.72. The van der Waals surface area contributed by atoms with Crippen molar-refractivity contribution in [1.82, 2.24) is 9.80 Å². The van der Waals surface area contributed by atoms with Crippen molar-refractivity contribution < 1.29 is 9.53 Å². The van der Waals surface area contributed by atoms with Gasteiger partial charge in [0.1, 0.15) is 5.60 Å². The summed E-state index contributed by atoms with van der Waals surface area (Å²) in [5.74, 6) is 2.50. The molecule has 134 valence electrons. The van der Waals surface area contributed by atoms with E-state index >= 15 is 0 Å². The van der Waals surface area contributed by atoms with Crippen molar-refractivity contribution in [2.24, 2.45) is 0 Å². The van der Waals surface area contributed by atoms with Gasteiger partial charge in [0.2, 0.25) is 0 Å². The van der Waals surface area contributed by atoms with Crippen LogP contribution in [-0.4, -0.2) is 64.7 Å². The zero-order valence-electron chi connectivity index (χ0n) is 15.4. The molecule has 2 rings (SSSR count). The van der Waals surface area contributed by atoms with Crippen molar-refractivity contribution in [3.8, 4) is 0 Å². The molecule has 0 radical (unpaired) electrons. The Labute approximate surface area is 146 Å². The van der Waals surface area contributed by atoms with E-state index in [0.717, 1.165) is 25.9 Å². The number of ether oxygens (including phenoxy) is 1. The molecule has 4 nitrogen and oxygen atoms in total. The van der Waals surface area contributed by atoms with Crippen LogP contribution in [0.4, 0.5) is 4.79 Å². The lowest BCUT2D eigenvalue weighted by atomic mass is 9.84. The van der Waals surface area contributed by atoms with Gasteiger partial charge in [-0.1, -0.05) is 13.3 Å². The first kappa shape index (κ1) is 18.9. The van der Waals surface area contributed by atoms with E-state index in [1.807, 2.05) is 25.7 Å². The van der Waals surface area contributed by atoms with Crippen LogP contribution in [0.3, 0.4) is 0 Å². The largest absolute Gasteiger partial charge is 0.444 e. The smallest absolute Gasteiger partial charge is 0.410 e. The first-order valence-corrected chi connectivity index (χ1v) is 10.3. The molecule has 0 aromatic heterocycles. The third kappa shape index (κ3) is 5.28. The average molecular weight is 343 g/mol. The molecule has 0 bridgehead atoms. The van der Waals surface area contributed by atoms with Gasteiger partial charge >= 0.3 is 6.09 Å². The summed E-state index contributed by atoms with van der Waals surface area (Å²) < 4.78 is 5.58. The Kier molecular flexibility index (Phi) is 6.66. The average Bonchev–Trinajstić information content (AvgIpc) is 2.71. The zero-order valence-corrected chi connectivity index (χ0v) is 16.2. The van der Waals surface area contributed by atoms with Gasteiger partial charge in [-0.25, -0.2) is 4.79 Å². The van der Waals surface area contributed by atoms with E-state index in [1.54, 1.807) is 0 Å². The molecule has 0 saturated carbocycles. The molecule has 23 heavy (non-hydrogen) atoms. The summed E-state index contributed by atoms with van der Waals surface area (Å²) >= 11 is 2.07. The second-order valence-electron chi connectivity index (χ2n) is 7.89. The molecule has 1 unspecified atom stereocenters. The summed E-state index contributed by atoms with van der Waals surface area (Å²) in [6, 6.07) is 0. The molecular formula is C18H34N2O2S. The minimum Gasteiger partial charge on any atom is -0.444 e. The molecule has 0 aromatic carbocycles. The quantitative estimate of drug-likeness (QED) is 0.776. The van der Waals surface area contributed by atoms with Gasteiger partial charge in [-0.05, 0) is 46.5 Å². The lowest BCUT2D eigenvalue weighted by Crippen LogP contribution is -2.52. The second kappa shape index (κ2) is 8.11. The summed E-state index contributed by atoms with van der Waals surface area (Å²) in [6.45, 7) is 12.2. The van der Waals surface area contributed by atoms with Gasteiger partial charge in [0.15, 0.2) is 0 Å². The molecule has 2 saturated heterocycles. The van der Waals surface area contributed by atoms with Gasteiger partial charge in [-0.2, -0.15) is 11.8 Å². The maximum Gasteiger partial charge on any atom is 0.410 e. The van der Waals surface area contributed by atoms with E-state index in [0.29, 0.717) is 5.54 Å². The van der Waals surface area contributed by atoms with E-state index in [-0.39, 0.29) is 6.09 Å². The molecule has 2 heterocycles. The predicted octanol–water partition coefficient (Wildman–Crippen LogP) is 4.00. The Morgan fingerprint density at radius 1 is 1.13 bits per heavy atom. The molecule has 0 aromatic rings. The second-order valence-corrected chi connectivity index (χ2v) is 9.12. The summed E-state index contributed by atoms with van der Waals surface area (Å²) in [5, 5.41) is 0. The zero-order chi connectivity index (χ0) is 16.9. The van der Waals surface area contributed by atoms with Crippen molar-refractivity contribution in [2.45, 2.75) is 70.9 Å². The van der Waals surface area contributed by atoms with E-state index in [9.17, 15) is 4.79 Å². The highest BCUT2D eigenvalue weighted by atomic mass is 32.2. The van der Waals surface area contributed by atoms with Crippen LogP contribution in [0.2, 0.25) is 0 Å². The summed E-state index contributed by atoms with van der Waals surface area (Å²) in [4.78, 5) is 17.1. The van der Waals surface area contributed by atoms with Crippen LogP contribution >= 0.6 is 11.8 Å². The molecule has 0 spiro atoms. The van der Waals surface area contributed by atoms with Gasteiger partial charge < -0.3 is 9.64 Å². The molecular weight excluding hydrogens is 308 g/mol. The molecule has 2 fully saturated rings. The van der Waals surface area contributed by atoms with Crippen molar-refractivity contribution in [2.75, 3.05) is 37.7 Å². The van der Waals surface area contributed by atoms with Gasteiger partial charge in [0.05, 0.1) is 0 Å². The van der Waals surface area contributed by atoms with Crippen LogP contribution < -0.4 is 0 Å². The highest BCUT2D eigenvalue weighted by molar-refractivity contribution is 7.99. The fourth-order valence-corrected chi connectivity index (χ4v) is 4.82. The lowest BCUT2D eigenvalue weighted by Gasteiger charge is -2.45. The van der Waals surface area contributed by atoms with Gasteiger partial charge in [0.25, 0.3) is 0 Å². The maximum atomic E-state index is 12.4. The number of nitrogens with zero attached hydrogens (tertiary/aromatic N) is 2. The Morgan fingerprint density at radius 3 is 2.43 bits per heavy atom. The minimum absolute atomic E-state index is 0.140. The standard InChI is InChI=1S/C18H34N2O2S/c1-5-7-18(20-12-14-23-15-13-20)8-6-10-19(11-9-18)16(21)22-17(2,3)4/h5-15H2,1-4H3. The SMILES string of the molecule is CCCC1(N2CCSCC2)CCCN(C(=O)OC(C)(C)C)CC1. The number of likely N-dealkylation sites (tertiary alicyclic amines) is 1. The number of hydrogen-bond donors (Lipinski definition) is 0. The summed E-state index contributed by atoms with van der Waals surface area (Å²) in [7, 11) is 0. The molecule has 0 N–H and O–H groups in total. The van der Waals surface area contributed by atoms with Crippen molar-refractivity contribution in [3.63, 3.8) is 0 Å². The predicted molar refractivity (Wildman–Crippen MR) is 98.2 cm³/mol. The van der Waals surface area contributed by atoms with Gasteiger partial charge in [-0.15, -0.1) is 0 Å². The van der Waals surface area contributed by atoms with E-state index in [1.165, 1.54) is 43.9 Å². The van der Waals surface area contributed by atoms with Crippen molar-refractivity contribution >= 4 is 17.9 Å². The van der Waals surface area contributed by atoms with Gasteiger partial charge in [-0.3, -0.25) is 4.90 Å². The number of thioether (sulfide) groups is 1. The third-order valence-electron chi connectivity index (χ3n) is 4.97. The highest BCUT2D eigenvalue weighted by Gasteiger charge is 2.39. The van der Waals surface area contributed by atoms with E-state index in [2.05, 4.69) is 23.6 Å². The topological polar surface area (TPSA) is 32.8 Å². The van der Waals surface area contributed by atoms with Crippen LogP contribution in [0.1, 0.15) is 59.8 Å². The van der Waals surface area contributed by atoms with E-state index in [4.69, 9.17) is 4.74 Å². The molecule has 2 aliphatic rings. The Balaban J connectivity index is 2.02. The van der Waals surface area contributed by atoms with Crippen LogP contribution in [-0.2, 0) is 4.74 Å². The number of carbonyl (C=O) groups is 1. The van der Waals surface area contributed by atoms with Crippen LogP contribution in [0.5, 0.6) is 0 Å². The number of hydrogen-bond acceptors (Lipinski definition) is 4. The molecule has 2 aliphatic heterocycles. The third-order valence-corrected chi connectivity index (χ3v) is 5.91. The van der Waals surface area contributed by atoms with Crippen LogP contribution in [0.25, 0.3) is 0 Å². The lowest BCUT2D eigenvalue weighted by molar-refractivity contribution is 0.0234. The maximum absolute atomic E-state index is 12.4. The Hall–Kier alpha value is -0.420. The molecule has 5 heteroatoms. The minimum atomic E-state index is -0.409. The molecule has 1 atom stereocenters. The van der Waals surface area contributed by atoms with Gasteiger partial charge in [0, 0.05) is 43.2 Å². The number of carbonyl (C=O) groups excluding carboxylic acids is 1. The summed E-state index contributed by atoms with van der Waals surface area (Å²) in [5.41, 5.74) is -0.111. The first-order chi connectivity index (χ1) is 10.9. The first-order valence-electron chi connectivity index (χ1n) is 9.17. The highest BCUT2D eigenvalue weighted by Crippen LogP contribution is 2.35. The number of amides is 1. The van der Waals surface area contributed by atoms with E-state index < -0.39 is 5.60 Å². The van der Waals surface area contributed by atoms with Crippen LogP contribution in [0, 0.1) is 0 Å². The fraction of sp³-hybridized carbons (Fsp3) is 0.944. The fourth-order valence-electron chi connectivity index (χ4n) is 3.92. The normalized spacial score (nSPS) is 27.6. The Bertz CT molecular complexity index is 391. The molecule has 0 aliphatic carbocycles.